The number of halogens is 1. The van der Waals surface area contributed by atoms with Gasteiger partial charge in [-0.15, -0.1) is 5.10 Å². The minimum absolute atomic E-state index is 0.102. The van der Waals surface area contributed by atoms with E-state index in [1.165, 1.54) is 11.8 Å². The molecule has 0 unspecified atom stereocenters. The van der Waals surface area contributed by atoms with Crippen LogP contribution >= 0.6 is 0 Å². The molecular formula is C21H25FN6. The first kappa shape index (κ1) is 18.6. The number of anilines is 1. The van der Waals surface area contributed by atoms with Gasteiger partial charge in [0, 0.05) is 37.4 Å². The van der Waals surface area contributed by atoms with Crippen LogP contribution in [0.25, 0.3) is 0 Å². The highest BCUT2D eigenvalue weighted by atomic mass is 19.1. The van der Waals surface area contributed by atoms with Crippen molar-refractivity contribution >= 4 is 5.69 Å². The van der Waals surface area contributed by atoms with Crippen molar-refractivity contribution < 1.29 is 4.39 Å². The van der Waals surface area contributed by atoms with E-state index in [0.717, 1.165) is 26.2 Å². The van der Waals surface area contributed by atoms with E-state index in [9.17, 15) is 4.39 Å². The quantitative estimate of drug-likeness (QED) is 0.680. The summed E-state index contributed by atoms with van der Waals surface area (Å²) in [6.07, 6.45) is 0. The van der Waals surface area contributed by atoms with E-state index >= 15 is 0 Å². The van der Waals surface area contributed by atoms with Crippen molar-refractivity contribution in [3.05, 3.63) is 71.8 Å². The second-order valence-corrected chi connectivity index (χ2v) is 7.36. The Labute approximate surface area is 164 Å². The molecule has 0 radical (unpaired) electrons. The smallest absolute Gasteiger partial charge is 0.173 e. The Morgan fingerprint density at radius 3 is 2.25 bits per heavy atom. The summed E-state index contributed by atoms with van der Waals surface area (Å²) < 4.78 is 16.5. The summed E-state index contributed by atoms with van der Waals surface area (Å²) in [7, 11) is 0. The summed E-state index contributed by atoms with van der Waals surface area (Å²) in [6, 6.07) is 17.1. The second kappa shape index (κ2) is 8.06. The largest absolute Gasteiger partial charge is 0.369 e. The maximum absolute atomic E-state index is 14.7. The van der Waals surface area contributed by atoms with E-state index in [-0.39, 0.29) is 17.9 Å². The standard InChI is InChI=1S/C21H25FN6/c1-16(2)28-21(23-24-25-28)20(18-10-6-7-11-19(18)22)27-14-12-26(13-15-27)17-8-4-3-5-9-17/h3-11,16,20H,12-15H2,1-2H3/t20-/m1/s1. The molecule has 1 fully saturated rings. The molecule has 1 aliphatic rings. The molecule has 2 aromatic carbocycles. The van der Waals surface area contributed by atoms with Gasteiger partial charge in [-0.2, -0.15) is 0 Å². The summed E-state index contributed by atoms with van der Waals surface area (Å²) in [6.45, 7) is 7.42. The van der Waals surface area contributed by atoms with E-state index in [1.54, 1.807) is 10.7 Å². The van der Waals surface area contributed by atoms with E-state index in [1.807, 2.05) is 32.0 Å². The molecule has 0 spiro atoms. The highest BCUT2D eigenvalue weighted by molar-refractivity contribution is 5.46. The van der Waals surface area contributed by atoms with Gasteiger partial charge in [0.1, 0.15) is 11.9 Å². The molecule has 6 nitrogen and oxygen atoms in total. The van der Waals surface area contributed by atoms with Gasteiger partial charge in [-0.3, -0.25) is 4.90 Å². The van der Waals surface area contributed by atoms with E-state index in [0.29, 0.717) is 11.4 Å². The van der Waals surface area contributed by atoms with Crippen molar-refractivity contribution in [1.82, 2.24) is 25.1 Å². The second-order valence-electron chi connectivity index (χ2n) is 7.36. The van der Waals surface area contributed by atoms with Crippen LogP contribution in [-0.4, -0.2) is 51.3 Å². The predicted molar refractivity (Wildman–Crippen MR) is 107 cm³/mol. The van der Waals surface area contributed by atoms with Crippen LogP contribution in [0.1, 0.15) is 37.3 Å². The lowest BCUT2D eigenvalue weighted by Crippen LogP contribution is -2.48. The van der Waals surface area contributed by atoms with Crippen LogP contribution < -0.4 is 4.90 Å². The molecule has 1 aromatic heterocycles. The van der Waals surface area contributed by atoms with Crippen LogP contribution in [0.15, 0.2) is 54.6 Å². The van der Waals surface area contributed by atoms with Crippen LogP contribution in [0.4, 0.5) is 10.1 Å². The van der Waals surface area contributed by atoms with Crippen molar-refractivity contribution in [2.75, 3.05) is 31.1 Å². The molecule has 0 aliphatic carbocycles. The third-order valence-corrected chi connectivity index (χ3v) is 5.25. The van der Waals surface area contributed by atoms with Crippen LogP contribution in [0.5, 0.6) is 0 Å². The molecule has 0 N–H and O–H groups in total. The molecule has 146 valence electrons. The van der Waals surface area contributed by atoms with Crippen LogP contribution in [0, 0.1) is 5.82 Å². The molecule has 0 saturated carbocycles. The normalized spacial score (nSPS) is 16.5. The first-order valence-electron chi connectivity index (χ1n) is 9.71. The molecule has 0 amide bonds. The number of hydrogen-bond acceptors (Lipinski definition) is 5. The average molecular weight is 380 g/mol. The zero-order valence-corrected chi connectivity index (χ0v) is 16.2. The van der Waals surface area contributed by atoms with Gasteiger partial charge in [-0.05, 0) is 42.5 Å². The number of piperazine rings is 1. The minimum Gasteiger partial charge on any atom is -0.369 e. The topological polar surface area (TPSA) is 50.1 Å². The number of nitrogens with zero attached hydrogens (tertiary/aromatic N) is 6. The van der Waals surface area contributed by atoms with Crippen molar-refractivity contribution in [3.8, 4) is 0 Å². The van der Waals surface area contributed by atoms with Gasteiger partial charge in [0.05, 0.1) is 6.04 Å². The van der Waals surface area contributed by atoms with Gasteiger partial charge < -0.3 is 4.90 Å². The number of tetrazole rings is 1. The van der Waals surface area contributed by atoms with Gasteiger partial charge >= 0.3 is 0 Å². The highest BCUT2D eigenvalue weighted by Crippen LogP contribution is 2.31. The number of hydrogen-bond donors (Lipinski definition) is 0. The molecule has 2 heterocycles. The van der Waals surface area contributed by atoms with Gasteiger partial charge in [0.2, 0.25) is 0 Å². The number of benzene rings is 2. The third kappa shape index (κ3) is 3.62. The molecule has 1 aliphatic heterocycles. The first-order chi connectivity index (χ1) is 13.6. The molecule has 1 atom stereocenters. The summed E-state index contributed by atoms with van der Waals surface area (Å²) in [5.74, 6) is 0.463. The Morgan fingerprint density at radius 2 is 1.57 bits per heavy atom. The molecule has 0 bridgehead atoms. The third-order valence-electron chi connectivity index (χ3n) is 5.25. The monoisotopic (exact) mass is 380 g/mol. The number of para-hydroxylation sites is 1. The predicted octanol–water partition coefficient (Wildman–Crippen LogP) is 3.30. The fourth-order valence-electron chi connectivity index (χ4n) is 3.82. The van der Waals surface area contributed by atoms with E-state index in [4.69, 9.17) is 0 Å². The van der Waals surface area contributed by atoms with Crippen molar-refractivity contribution in [2.45, 2.75) is 25.9 Å². The summed E-state index contributed by atoms with van der Waals surface area (Å²) in [5, 5.41) is 12.3. The van der Waals surface area contributed by atoms with Crippen molar-refractivity contribution in [2.24, 2.45) is 0 Å². The van der Waals surface area contributed by atoms with Crippen molar-refractivity contribution in [3.63, 3.8) is 0 Å². The molecule has 1 saturated heterocycles. The Balaban J connectivity index is 1.64. The molecule has 3 aromatic rings. The molecule has 28 heavy (non-hydrogen) atoms. The summed E-state index contributed by atoms with van der Waals surface area (Å²) in [5.41, 5.74) is 1.84. The average Bonchev–Trinajstić information content (AvgIpc) is 3.21. The maximum atomic E-state index is 14.7. The Hall–Kier alpha value is -2.80. The SMILES string of the molecule is CC(C)n1nnnc1[C@@H](c1ccccc1F)N1CCN(c2ccccc2)CC1. The van der Waals surface area contributed by atoms with Crippen molar-refractivity contribution in [1.29, 1.82) is 0 Å². The number of aromatic nitrogens is 4. The zero-order valence-electron chi connectivity index (χ0n) is 16.2. The van der Waals surface area contributed by atoms with E-state index in [2.05, 4.69) is 49.6 Å². The van der Waals surface area contributed by atoms with Crippen LogP contribution in [-0.2, 0) is 0 Å². The molecular weight excluding hydrogens is 355 g/mol. The fraction of sp³-hybridized carbons (Fsp3) is 0.381. The summed E-state index contributed by atoms with van der Waals surface area (Å²) >= 11 is 0. The zero-order chi connectivity index (χ0) is 19.5. The van der Waals surface area contributed by atoms with Gasteiger partial charge in [0.25, 0.3) is 0 Å². The van der Waals surface area contributed by atoms with Gasteiger partial charge in [-0.25, -0.2) is 9.07 Å². The lowest BCUT2D eigenvalue weighted by Gasteiger charge is -2.40. The lowest BCUT2D eigenvalue weighted by molar-refractivity contribution is 0.195. The Morgan fingerprint density at radius 1 is 0.893 bits per heavy atom. The molecule has 7 heteroatoms. The number of rotatable bonds is 5. The van der Waals surface area contributed by atoms with Gasteiger partial charge in [-0.1, -0.05) is 36.4 Å². The van der Waals surface area contributed by atoms with Crippen LogP contribution in [0.2, 0.25) is 0 Å². The van der Waals surface area contributed by atoms with Gasteiger partial charge in [0.15, 0.2) is 5.82 Å². The fourth-order valence-corrected chi connectivity index (χ4v) is 3.82. The maximum Gasteiger partial charge on any atom is 0.173 e. The first-order valence-corrected chi connectivity index (χ1v) is 9.71. The summed E-state index contributed by atoms with van der Waals surface area (Å²) in [4.78, 5) is 4.64. The van der Waals surface area contributed by atoms with Crippen LogP contribution in [0.3, 0.4) is 0 Å². The van der Waals surface area contributed by atoms with E-state index < -0.39 is 0 Å². The minimum atomic E-state index is -0.309. The Bertz CT molecular complexity index is 902. The molecule has 4 rings (SSSR count). The highest BCUT2D eigenvalue weighted by Gasteiger charge is 2.32. The lowest BCUT2D eigenvalue weighted by atomic mass is 10.0. The Kier molecular flexibility index (Phi) is 5.34.